The molecule has 0 atom stereocenters. The number of benzene rings is 1. The van der Waals surface area contributed by atoms with Gasteiger partial charge in [-0.25, -0.2) is 4.39 Å². The van der Waals surface area contributed by atoms with Crippen LogP contribution < -0.4 is 4.90 Å². The van der Waals surface area contributed by atoms with Crippen molar-refractivity contribution in [2.24, 2.45) is 0 Å². The number of aldehydes is 1. The molecule has 80 valence electrons. The van der Waals surface area contributed by atoms with E-state index in [1.54, 1.807) is 12.1 Å². The second-order valence-corrected chi connectivity index (χ2v) is 3.99. The Labute approximate surface area is 88.7 Å². The Morgan fingerprint density at radius 2 is 2.20 bits per heavy atom. The quantitative estimate of drug-likeness (QED) is 0.710. The lowest BCUT2D eigenvalue weighted by atomic mass is 9.91. The second kappa shape index (κ2) is 4.01. The minimum Gasteiger partial charge on any atom is -0.369 e. The van der Waals surface area contributed by atoms with Crippen molar-refractivity contribution in [2.45, 2.75) is 25.3 Å². The summed E-state index contributed by atoms with van der Waals surface area (Å²) in [5.41, 5.74) is 0.876. The van der Waals surface area contributed by atoms with Crippen molar-refractivity contribution in [2.75, 3.05) is 11.9 Å². The fourth-order valence-electron chi connectivity index (χ4n) is 1.96. The van der Waals surface area contributed by atoms with Crippen LogP contribution in [0.1, 0.15) is 29.6 Å². The number of carbonyl (C=O) groups excluding carboxylic acids is 1. The van der Waals surface area contributed by atoms with Gasteiger partial charge in [0, 0.05) is 18.7 Å². The van der Waals surface area contributed by atoms with Gasteiger partial charge >= 0.3 is 0 Å². The van der Waals surface area contributed by atoms with Gasteiger partial charge in [0.05, 0.1) is 5.69 Å². The lowest BCUT2D eigenvalue weighted by molar-refractivity contribution is 0.112. The third kappa shape index (κ3) is 1.74. The van der Waals surface area contributed by atoms with Crippen molar-refractivity contribution in [1.82, 2.24) is 0 Å². The Morgan fingerprint density at radius 3 is 2.73 bits per heavy atom. The molecule has 2 nitrogen and oxygen atoms in total. The van der Waals surface area contributed by atoms with E-state index in [-0.39, 0.29) is 5.82 Å². The van der Waals surface area contributed by atoms with Crippen molar-refractivity contribution in [1.29, 1.82) is 0 Å². The van der Waals surface area contributed by atoms with Crippen molar-refractivity contribution < 1.29 is 9.18 Å². The molecular formula is C12H14FNO. The first-order valence-corrected chi connectivity index (χ1v) is 5.20. The van der Waals surface area contributed by atoms with E-state index in [9.17, 15) is 9.18 Å². The molecule has 0 aromatic heterocycles. The van der Waals surface area contributed by atoms with Gasteiger partial charge < -0.3 is 4.90 Å². The van der Waals surface area contributed by atoms with Gasteiger partial charge in [-0.15, -0.1) is 0 Å². The largest absolute Gasteiger partial charge is 0.369 e. The molecule has 1 saturated carbocycles. The normalized spacial score (nSPS) is 15.9. The summed E-state index contributed by atoms with van der Waals surface area (Å²) in [6.45, 7) is 0. The van der Waals surface area contributed by atoms with Gasteiger partial charge in [0.15, 0.2) is 6.29 Å². The smallest absolute Gasteiger partial charge is 0.152 e. The third-order valence-electron chi connectivity index (χ3n) is 3.12. The minimum absolute atomic E-state index is 0.311. The summed E-state index contributed by atoms with van der Waals surface area (Å²) < 4.78 is 13.6. The van der Waals surface area contributed by atoms with E-state index in [0.29, 0.717) is 23.6 Å². The van der Waals surface area contributed by atoms with Gasteiger partial charge in [0.25, 0.3) is 0 Å². The molecule has 1 aromatic rings. The summed E-state index contributed by atoms with van der Waals surface area (Å²) in [5, 5.41) is 0. The van der Waals surface area contributed by atoms with Gasteiger partial charge in [-0.2, -0.15) is 0 Å². The zero-order valence-electron chi connectivity index (χ0n) is 8.74. The van der Waals surface area contributed by atoms with Gasteiger partial charge in [0.1, 0.15) is 5.82 Å². The maximum Gasteiger partial charge on any atom is 0.152 e. The van der Waals surface area contributed by atoms with E-state index in [4.69, 9.17) is 0 Å². The lowest BCUT2D eigenvalue weighted by Crippen LogP contribution is -2.38. The topological polar surface area (TPSA) is 20.3 Å². The SMILES string of the molecule is CN(c1c(F)cccc1C=O)C1CCC1. The monoisotopic (exact) mass is 207 g/mol. The molecule has 0 aliphatic heterocycles. The molecule has 0 radical (unpaired) electrons. The standard InChI is InChI=1S/C12H14FNO/c1-14(10-5-3-6-10)12-9(8-15)4-2-7-11(12)13/h2,4,7-8,10H,3,5-6H2,1H3. The number of hydrogen-bond acceptors (Lipinski definition) is 2. The van der Waals surface area contributed by atoms with E-state index in [0.717, 1.165) is 12.8 Å². The Kier molecular flexibility index (Phi) is 2.71. The summed E-state index contributed by atoms with van der Waals surface area (Å²) in [7, 11) is 1.86. The zero-order chi connectivity index (χ0) is 10.8. The van der Waals surface area contributed by atoms with E-state index >= 15 is 0 Å². The summed E-state index contributed by atoms with van der Waals surface area (Å²) in [6, 6.07) is 5.01. The van der Waals surface area contributed by atoms with Gasteiger partial charge in [0.2, 0.25) is 0 Å². The summed E-state index contributed by atoms with van der Waals surface area (Å²) in [4.78, 5) is 12.7. The molecule has 15 heavy (non-hydrogen) atoms. The lowest BCUT2D eigenvalue weighted by Gasteiger charge is -2.37. The molecule has 1 aromatic carbocycles. The predicted octanol–water partition coefficient (Wildman–Crippen LogP) is 2.63. The molecule has 0 bridgehead atoms. The van der Waals surface area contributed by atoms with Gasteiger partial charge in [-0.05, 0) is 31.4 Å². The molecule has 0 spiro atoms. The molecule has 0 heterocycles. The van der Waals surface area contributed by atoms with Crippen LogP contribution in [0.4, 0.5) is 10.1 Å². The average Bonchev–Trinajstić information content (AvgIpc) is 2.14. The number of rotatable bonds is 3. The highest BCUT2D eigenvalue weighted by atomic mass is 19.1. The minimum atomic E-state index is -0.311. The number of anilines is 1. The molecule has 0 unspecified atom stereocenters. The van der Waals surface area contributed by atoms with Gasteiger partial charge in [-0.3, -0.25) is 4.79 Å². The van der Waals surface area contributed by atoms with E-state index in [1.807, 2.05) is 11.9 Å². The van der Waals surface area contributed by atoms with E-state index < -0.39 is 0 Å². The Hall–Kier alpha value is -1.38. The number of nitrogens with zero attached hydrogens (tertiary/aromatic N) is 1. The molecule has 3 heteroatoms. The summed E-state index contributed by atoms with van der Waals surface area (Å²) in [5.74, 6) is -0.311. The zero-order valence-corrected chi connectivity index (χ0v) is 8.74. The van der Waals surface area contributed by atoms with Crippen molar-refractivity contribution in [3.05, 3.63) is 29.6 Å². The average molecular weight is 207 g/mol. The van der Waals surface area contributed by atoms with Crippen molar-refractivity contribution >= 4 is 12.0 Å². The fourth-order valence-corrected chi connectivity index (χ4v) is 1.96. The first-order valence-electron chi connectivity index (χ1n) is 5.20. The highest BCUT2D eigenvalue weighted by Crippen LogP contribution is 2.31. The maximum atomic E-state index is 13.6. The highest BCUT2D eigenvalue weighted by molar-refractivity contribution is 5.84. The Bertz CT molecular complexity index is 374. The van der Waals surface area contributed by atoms with Crippen LogP contribution >= 0.6 is 0 Å². The molecule has 1 aliphatic rings. The second-order valence-electron chi connectivity index (χ2n) is 3.99. The van der Waals surface area contributed by atoms with Crippen molar-refractivity contribution in [3.63, 3.8) is 0 Å². The van der Waals surface area contributed by atoms with Crippen LogP contribution in [0.25, 0.3) is 0 Å². The molecule has 0 saturated heterocycles. The Morgan fingerprint density at radius 1 is 1.47 bits per heavy atom. The maximum absolute atomic E-state index is 13.6. The molecule has 1 fully saturated rings. The molecule has 2 rings (SSSR count). The number of hydrogen-bond donors (Lipinski definition) is 0. The van der Waals surface area contributed by atoms with Crippen LogP contribution in [0.3, 0.4) is 0 Å². The van der Waals surface area contributed by atoms with Crippen LogP contribution in [0.15, 0.2) is 18.2 Å². The predicted molar refractivity (Wildman–Crippen MR) is 57.8 cm³/mol. The Balaban J connectivity index is 2.35. The van der Waals surface area contributed by atoms with Crippen LogP contribution in [-0.2, 0) is 0 Å². The highest BCUT2D eigenvalue weighted by Gasteiger charge is 2.25. The van der Waals surface area contributed by atoms with Crippen LogP contribution in [0, 0.1) is 5.82 Å². The number of halogens is 1. The van der Waals surface area contributed by atoms with Crippen molar-refractivity contribution in [3.8, 4) is 0 Å². The van der Waals surface area contributed by atoms with E-state index in [2.05, 4.69) is 0 Å². The molecular weight excluding hydrogens is 193 g/mol. The first-order chi connectivity index (χ1) is 7.24. The van der Waals surface area contributed by atoms with Crippen LogP contribution in [0.2, 0.25) is 0 Å². The fraction of sp³-hybridized carbons (Fsp3) is 0.417. The molecule has 1 aliphatic carbocycles. The van der Waals surface area contributed by atoms with E-state index in [1.165, 1.54) is 12.5 Å². The van der Waals surface area contributed by atoms with Gasteiger partial charge in [-0.1, -0.05) is 6.07 Å². The van der Waals surface area contributed by atoms with Crippen LogP contribution in [0.5, 0.6) is 0 Å². The molecule has 0 N–H and O–H groups in total. The summed E-state index contributed by atoms with van der Waals surface area (Å²) in [6.07, 6.45) is 4.08. The summed E-state index contributed by atoms with van der Waals surface area (Å²) >= 11 is 0. The third-order valence-corrected chi connectivity index (χ3v) is 3.12. The van der Waals surface area contributed by atoms with Crippen LogP contribution in [-0.4, -0.2) is 19.4 Å². The number of carbonyl (C=O) groups is 1. The molecule has 0 amide bonds. The number of para-hydroxylation sites is 1. The first kappa shape index (κ1) is 10.1.